The van der Waals surface area contributed by atoms with Gasteiger partial charge in [-0.15, -0.1) is 0 Å². The van der Waals surface area contributed by atoms with E-state index in [1.54, 1.807) is 0 Å². The number of Topliss-reactive ketones (excluding diaryl/α,β-unsaturated/α-hetero) is 1. The fraction of sp³-hybridized carbons (Fsp3) is 0.867. The highest BCUT2D eigenvalue weighted by Crippen LogP contribution is 2.13. The van der Waals surface area contributed by atoms with E-state index < -0.39 is 5.97 Å². The lowest BCUT2D eigenvalue weighted by atomic mass is 10.0. The molecular weight excluding hydrogens is 276 g/mol. The summed E-state index contributed by atoms with van der Waals surface area (Å²) in [5, 5.41) is 0. The van der Waals surface area contributed by atoms with Gasteiger partial charge in [0.25, 0.3) is 0 Å². The molecule has 4 nitrogen and oxygen atoms in total. The quantitative estimate of drug-likeness (QED) is 0.342. The number of carbonyl (C=O) groups excluding carboxylic acids is 2. The van der Waals surface area contributed by atoms with Crippen LogP contribution in [0.5, 0.6) is 0 Å². The zero-order valence-electron chi connectivity index (χ0n) is 12.9. The monoisotopic (exact) mass is 304 g/mol. The lowest BCUT2D eigenvalue weighted by molar-refractivity contribution is -0.152. The molecule has 0 aliphatic rings. The standard InChI is InChI=1S/C15H28O4S/c1-4-6-7-13(5-2)9-18-10-14(11-20)19-15(17)8-12(3)16/h13-14,20H,4-11H2,1-3H3. The summed E-state index contributed by atoms with van der Waals surface area (Å²) in [6, 6.07) is 0. The van der Waals surface area contributed by atoms with Crippen molar-refractivity contribution in [3.05, 3.63) is 0 Å². The summed E-state index contributed by atoms with van der Waals surface area (Å²) in [7, 11) is 0. The fourth-order valence-corrected chi connectivity index (χ4v) is 2.00. The van der Waals surface area contributed by atoms with Crippen LogP contribution in [0.1, 0.15) is 52.9 Å². The Hall–Kier alpha value is -0.550. The van der Waals surface area contributed by atoms with E-state index in [1.807, 2.05) is 0 Å². The summed E-state index contributed by atoms with van der Waals surface area (Å²) in [4.78, 5) is 22.2. The molecule has 0 aromatic rings. The molecule has 0 spiro atoms. The van der Waals surface area contributed by atoms with Gasteiger partial charge in [-0.3, -0.25) is 9.59 Å². The molecule has 0 N–H and O–H groups in total. The van der Waals surface area contributed by atoms with Crippen LogP contribution in [0.2, 0.25) is 0 Å². The summed E-state index contributed by atoms with van der Waals surface area (Å²) in [5.41, 5.74) is 0. The van der Waals surface area contributed by atoms with Crippen LogP contribution in [0.4, 0.5) is 0 Å². The summed E-state index contributed by atoms with van der Waals surface area (Å²) in [6.07, 6.45) is 4.11. The second-order valence-electron chi connectivity index (χ2n) is 5.13. The molecule has 0 bridgehead atoms. The Morgan fingerprint density at radius 1 is 1.20 bits per heavy atom. The molecule has 0 amide bonds. The molecule has 20 heavy (non-hydrogen) atoms. The predicted molar refractivity (Wildman–Crippen MR) is 83.2 cm³/mol. The highest BCUT2D eigenvalue weighted by Gasteiger charge is 2.15. The molecule has 0 aliphatic heterocycles. The number of hydrogen-bond acceptors (Lipinski definition) is 5. The van der Waals surface area contributed by atoms with Crippen molar-refractivity contribution < 1.29 is 19.1 Å². The van der Waals surface area contributed by atoms with Gasteiger partial charge in [0.15, 0.2) is 0 Å². The first-order chi connectivity index (χ1) is 9.53. The average molecular weight is 304 g/mol. The van der Waals surface area contributed by atoms with Gasteiger partial charge in [-0.2, -0.15) is 12.6 Å². The van der Waals surface area contributed by atoms with Gasteiger partial charge >= 0.3 is 5.97 Å². The number of unbranched alkanes of at least 4 members (excludes halogenated alkanes) is 1. The second-order valence-corrected chi connectivity index (χ2v) is 5.49. The van der Waals surface area contributed by atoms with Crippen LogP contribution < -0.4 is 0 Å². The Bertz CT molecular complexity index is 281. The van der Waals surface area contributed by atoms with Crippen molar-refractivity contribution in [2.75, 3.05) is 19.0 Å². The molecule has 0 aliphatic carbocycles. The molecule has 0 aromatic carbocycles. The molecule has 2 atom stereocenters. The Kier molecular flexibility index (Phi) is 11.9. The van der Waals surface area contributed by atoms with E-state index in [0.717, 1.165) is 6.42 Å². The van der Waals surface area contributed by atoms with Gasteiger partial charge in [0, 0.05) is 12.4 Å². The maximum atomic E-state index is 11.4. The van der Waals surface area contributed by atoms with E-state index in [0.29, 0.717) is 24.9 Å². The first-order valence-corrected chi connectivity index (χ1v) is 8.04. The summed E-state index contributed by atoms with van der Waals surface area (Å²) >= 11 is 4.14. The number of thiol groups is 1. The summed E-state index contributed by atoms with van der Waals surface area (Å²) in [6.45, 7) is 6.74. The van der Waals surface area contributed by atoms with Gasteiger partial charge < -0.3 is 9.47 Å². The molecule has 0 heterocycles. The van der Waals surface area contributed by atoms with Crippen LogP contribution in [-0.4, -0.2) is 36.8 Å². The minimum absolute atomic E-state index is 0.182. The lowest BCUT2D eigenvalue weighted by Crippen LogP contribution is -2.27. The highest BCUT2D eigenvalue weighted by molar-refractivity contribution is 7.80. The van der Waals surface area contributed by atoms with Crippen molar-refractivity contribution in [2.45, 2.75) is 59.0 Å². The molecule has 0 radical (unpaired) electrons. The molecule has 0 saturated heterocycles. The van der Waals surface area contributed by atoms with Crippen molar-refractivity contribution in [1.82, 2.24) is 0 Å². The summed E-state index contributed by atoms with van der Waals surface area (Å²) in [5.74, 6) is 0.260. The van der Waals surface area contributed by atoms with Gasteiger partial charge in [-0.1, -0.05) is 33.1 Å². The minimum atomic E-state index is -0.502. The van der Waals surface area contributed by atoms with Gasteiger partial charge in [-0.05, 0) is 19.3 Å². The van der Waals surface area contributed by atoms with Crippen molar-refractivity contribution in [3.8, 4) is 0 Å². The maximum absolute atomic E-state index is 11.4. The molecule has 0 aromatic heterocycles. The zero-order chi connectivity index (χ0) is 15.4. The van der Waals surface area contributed by atoms with Crippen LogP contribution in [0.15, 0.2) is 0 Å². The largest absolute Gasteiger partial charge is 0.459 e. The third-order valence-electron chi connectivity index (χ3n) is 3.10. The van der Waals surface area contributed by atoms with E-state index in [1.165, 1.54) is 26.2 Å². The first kappa shape index (κ1) is 19.4. The summed E-state index contributed by atoms with van der Waals surface area (Å²) < 4.78 is 10.8. The molecule has 0 fully saturated rings. The molecule has 5 heteroatoms. The van der Waals surface area contributed by atoms with Crippen LogP contribution in [0.3, 0.4) is 0 Å². The molecule has 2 unspecified atom stereocenters. The number of rotatable bonds is 12. The highest BCUT2D eigenvalue weighted by atomic mass is 32.1. The van der Waals surface area contributed by atoms with Crippen molar-refractivity contribution in [1.29, 1.82) is 0 Å². The van der Waals surface area contributed by atoms with E-state index in [9.17, 15) is 9.59 Å². The minimum Gasteiger partial charge on any atom is -0.459 e. The van der Waals surface area contributed by atoms with E-state index in [2.05, 4.69) is 26.5 Å². The Morgan fingerprint density at radius 3 is 2.40 bits per heavy atom. The van der Waals surface area contributed by atoms with Crippen molar-refractivity contribution in [2.24, 2.45) is 5.92 Å². The smallest absolute Gasteiger partial charge is 0.313 e. The SMILES string of the molecule is CCCCC(CC)COCC(CS)OC(=O)CC(C)=O. The van der Waals surface area contributed by atoms with Gasteiger partial charge in [0.05, 0.1) is 6.61 Å². The van der Waals surface area contributed by atoms with Gasteiger partial charge in [-0.25, -0.2) is 0 Å². The topological polar surface area (TPSA) is 52.6 Å². The second kappa shape index (κ2) is 12.2. The van der Waals surface area contributed by atoms with Gasteiger partial charge in [0.1, 0.15) is 18.3 Å². The number of ether oxygens (including phenoxy) is 2. The Balaban J connectivity index is 3.93. The Labute approximate surface area is 128 Å². The third kappa shape index (κ3) is 10.3. The van der Waals surface area contributed by atoms with Crippen LogP contribution in [0.25, 0.3) is 0 Å². The zero-order valence-corrected chi connectivity index (χ0v) is 13.8. The lowest BCUT2D eigenvalue weighted by Gasteiger charge is -2.19. The van der Waals surface area contributed by atoms with E-state index in [4.69, 9.17) is 9.47 Å². The molecule has 118 valence electrons. The fourth-order valence-electron chi connectivity index (χ4n) is 1.82. The first-order valence-electron chi connectivity index (χ1n) is 7.40. The number of carbonyl (C=O) groups is 2. The molecule has 0 saturated carbocycles. The number of esters is 1. The maximum Gasteiger partial charge on any atom is 0.313 e. The third-order valence-corrected chi connectivity index (χ3v) is 3.50. The predicted octanol–water partition coefficient (Wildman–Crippen LogP) is 3.04. The van der Waals surface area contributed by atoms with E-state index in [-0.39, 0.29) is 18.3 Å². The van der Waals surface area contributed by atoms with E-state index >= 15 is 0 Å². The Morgan fingerprint density at radius 2 is 1.90 bits per heavy atom. The normalized spacial score (nSPS) is 13.8. The number of hydrogen-bond donors (Lipinski definition) is 1. The van der Waals surface area contributed by atoms with Crippen LogP contribution in [-0.2, 0) is 19.1 Å². The number of ketones is 1. The van der Waals surface area contributed by atoms with Crippen LogP contribution >= 0.6 is 12.6 Å². The van der Waals surface area contributed by atoms with Crippen LogP contribution in [0, 0.1) is 5.92 Å². The molecular formula is C15H28O4S. The molecule has 0 rings (SSSR count). The van der Waals surface area contributed by atoms with Crippen molar-refractivity contribution in [3.63, 3.8) is 0 Å². The average Bonchev–Trinajstić information content (AvgIpc) is 2.40. The van der Waals surface area contributed by atoms with Gasteiger partial charge in [0.2, 0.25) is 0 Å². The van der Waals surface area contributed by atoms with Crippen molar-refractivity contribution >= 4 is 24.4 Å².